The van der Waals surface area contributed by atoms with Gasteiger partial charge in [0.15, 0.2) is 0 Å². The molecule has 2 N–H and O–H groups in total. The number of rotatable bonds is 7. The summed E-state index contributed by atoms with van der Waals surface area (Å²) in [6.45, 7) is 13.9. The van der Waals surface area contributed by atoms with Crippen molar-refractivity contribution in [1.29, 1.82) is 0 Å². The summed E-state index contributed by atoms with van der Waals surface area (Å²) in [5, 5.41) is 17.8. The van der Waals surface area contributed by atoms with Crippen LogP contribution in [-0.2, 0) is 21.4 Å². The Kier molecular flexibility index (Phi) is 10.7. The molecular weight excluding hydrogens is 620 g/mol. The lowest BCUT2D eigenvalue weighted by Gasteiger charge is -2.40. The minimum Gasteiger partial charge on any atom is -0.543 e. The molecule has 7 nitrogen and oxygen atoms in total. The lowest BCUT2D eigenvalue weighted by atomic mass is 9.74. The molecule has 1 spiro atoms. The number of anilines is 1. The van der Waals surface area contributed by atoms with Crippen LogP contribution in [0.4, 0.5) is 23.2 Å². The summed E-state index contributed by atoms with van der Waals surface area (Å²) in [7, 11) is 0.0333. The van der Waals surface area contributed by atoms with Gasteiger partial charge in [-0.05, 0) is 98.0 Å². The molecule has 0 bridgehead atoms. The van der Waals surface area contributed by atoms with Gasteiger partial charge in [-0.1, -0.05) is 32.4 Å². The first-order valence-corrected chi connectivity index (χ1v) is 17.7. The number of hydrogen-bond donors (Lipinski definition) is 2. The van der Waals surface area contributed by atoms with E-state index in [0.29, 0.717) is 18.0 Å². The number of hydrogen-bond acceptors (Lipinski definition) is 5. The maximum absolute atomic E-state index is 14.1. The van der Waals surface area contributed by atoms with E-state index in [9.17, 15) is 27.5 Å². The van der Waals surface area contributed by atoms with Crippen molar-refractivity contribution in [3.05, 3.63) is 58.4 Å². The molecule has 44 heavy (non-hydrogen) atoms. The molecule has 13 heteroatoms. The predicted octanol–water partition coefficient (Wildman–Crippen LogP) is 7.22. The molecule has 1 atom stereocenters. The zero-order valence-electron chi connectivity index (χ0n) is 25.9. The first kappa shape index (κ1) is 35.6. The number of halogens is 5. The Morgan fingerprint density at radius 1 is 1.07 bits per heavy atom. The molecule has 0 amide bonds. The summed E-state index contributed by atoms with van der Waals surface area (Å²) in [5.74, 6) is -3.59. The van der Waals surface area contributed by atoms with Crippen LogP contribution in [-0.4, -0.2) is 74.8 Å². The second-order valence-corrected chi connectivity index (χ2v) is 18.4. The quantitative estimate of drug-likeness (QED) is 0.239. The number of carbonyl (C=O) groups is 2. The normalized spacial score (nSPS) is 17.5. The minimum atomic E-state index is -5.08. The SMILES string of the molecule is CN1CC2(CCN(CC(Cc3cc(O[Si](C)(C)C(C)(C)C)ccc3Cl)C(=O)O)CC2)c2cc(F)ccc21.O=C(O)C(F)(F)F. The topological polar surface area (TPSA) is 90.3 Å². The lowest BCUT2D eigenvalue weighted by molar-refractivity contribution is -0.192. The van der Waals surface area contributed by atoms with Crippen molar-refractivity contribution in [2.24, 2.45) is 5.92 Å². The summed E-state index contributed by atoms with van der Waals surface area (Å²) in [6, 6.07) is 10.7. The van der Waals surface area contributed by atoms with Crippen LogP contribution in [0.25, 0.3) is 0 Å². The maximum atomic E-state index is 14.1. The molecule has 0 radical (unpaired) electrons. The van der Waals surface area contributed by atoms with Gasteiger partial charge in [0.05, 0.1) is 5.92 Å². The first-order valence-electron chi connectivity index (χ1n) is 14.4. The number of fused-ring (bicyclic) bond motifs is 2. The Bertz CT molecular complexity index is 1360. The molecule has 0 saturated carbocycles. The van der Waals surface area contributed by atoms with Gasteiger partial charge in [-0.3, -0.25) is 4.79 Å². The zero-order valence-corrected chi connectivity index (χ0v) is 27.7. The van der Waals surface area contributed by atoms with E-state index in [2.05, 4.69) is 50.7 Å². The van der Waals surface area contributed by atoms with Gasteiger partial charge < -0.3 is 24.4 Å². The molecule has 244 valence electrons. The van der Waals surface area contributed by atoms with Crippen molar-refractivity contribution < 1.29 is 41.8 Å². The van der Waals surface area contributed by atoms with Crippen LogP contribution in [0.3, 0.4) is 0 Å². The highest BCUT2D eigenvalue weighted by atomic mass is 35.5. The third-order valence-electron chi connectivity index (χ3n) is 9.03. The standard InChI is InChI=1S/C29H40ClFN2O3Si.C2HF3O2/c1-28(2,3)37(5,6)36-23-8-9-25(30)20(16-23)15-21(27(34)35)18-33-13-11-29(12-14-33)19-32(4)26-10-7-22(31)17-24(26)29;3-2(4,5)1(6)7/h7-10,16-17,21H,11-15,18-19H2,1-6H3,(H,34,35);(H,6,7). The van der Waals surface area contributed by atoms with Crippen molar-refractivity contribution in [3.8, 4) is 5.75 Å². The Morgan fingerprint density at radius 3 is 2.18 bits per heavy atom. The molecule has 2 heterocycles. The average molecular weight is 661 g/mol. The fraction of sp³-hybridized carbons (Fsp3) is 0.548. The van der Waals surface area contributed by atoms with Crippen LogP contribution in [0.2, 0.25) is 23.2 Å². The first-order chi connectivity index (χ1) is 20.1. The van der Waals surface area contributed by atoms with Gasteiger partial charge in [0.25, 0.3) is 0 Å². The second kappa shape index (κ2) is 13.3. The third-order valence-corrected chi connectivity index (χ3v) is 13.8. The summed E-state index contributed by atoms with van der Waals surface area (Å²) in [5.41, 5.74) is 2.93. The Hall–Kier alpha value is -2.83. The highest BCUT2D eigenvalue weighted by Gasteiger charge is 2.44. The van der Waals surface area contributed by atoms with Gasteiger partial charge in [-0.15, -0.1) is 0 Å². The highest BCUT2D eigenvalue weighted by molar-refractivity contribution is 6.74. The highest BCUT2D eigenvalue weighted by Crippen LogP contribution is 2.47. The minimum absolute atomic E-state index is 0.0580. The molecular formula is C31H41ClF4N2O5Si. The van der Waals surface area contributed by atoms with Gasteiger partial charge in [0, 0.05) is 36.3 Å². The fourth-order valence-electron chi connectivity index (χ4n) is 5.51. The number of benzene rings is 2. The molecule has 4 rings (SSSR count). The molecule has 2 aliphatic heterocycles. The molecule has 1 fully saturated rings. The van der Waals surface area contributed by atoms with Gasteiger partial charge >= 0.3 is 18.1 Å². The van der Waals surface area contributed by atoms with Crippen molar-refractivity contribution >= 4 is 37.5 Å². The second-order valence-electron chi connectivity index (χ2n) is 13.3. The van der Waals surface area contributed by atoms with Crippen LogP contribution >= 0.6 is 11.6 Å². The fourth-order valence-corrected chi connectivity index (χ4v) is 6.72. The van der Waals surface area contributed by atoms with Crippen molar-refractivity contribution in [2.45, 2.75) is 69.8 Å². The van der Waals surface area contributed by atoms with Gasteiger partial charge in [0.2, 0.25) is 8.32 Å². The summed E-state index contributed by atoms with van der Waals surface area (Å²) < 4.78 is 52.3. The van der Waals surface area contributed by atoms with E-state index < -0.39 is 32.4 Å². The van der Waals surface area contributed by atoms with Crippen LogP contribution in [0.15, 0.2) is 36.4 Å². The molecule has 0 aromatic heterocycles. The molecule has 1 unspecified atom stereocenters. The van der Waals surface area contributed by atoms with Crippen molar-refractivity contribution in [2.75, 3.05) is 38.1 Å². The van der Waals surface area contributed by atoms with Crippen LogP contribution in [0.1, 0.15) is 44.7 Å². The van der Waals surface area contributed by atoms with E-state index in [1.807, 2.05) is 24.3 Å². The van der Waals surface area contributed by atoms with Crippen LogP contribution in [0, 0.1) is 11.7 Å². The number of likely N-dealkylation sites (tertiary alicyclic amines) is 1. The monoisotopic (exact) mass is 660 g/mol. The molecule has 2 aromatic carbocycles. The Morgan fingerprint density at radius 2 is 1.66 bits per heavy atom. The smallest absolute Gasteiger partial charge is 0.490 e. The van der Waals surface area contributed by atoms with Crippen LogP contribution < -0.4 is 9.33 Å². The van der Waals surface area contributed by atoms with E-state index in [0.717, 1.165) is 55.0 Å². The summed E-state index contributed by atoms with van der Waals surface area (Å²) in [4.78, 5) is 25.6. The molecule has 1 saturated heterocycles. The van der Waals surface area contributed by atoms with E-state index in [1.165, 1.54) is 6.07 Å². The van der Waals surface area contributed by atoms with Crippen molar-refractivity contribution in [3.63, 3.8) is 0 Å². The summed E-state index contributed by atoms with van der Waals surface area (Å²) >= 11 is 6.52. The third kappa shape index (κ3) is 8.45. The zero-order chi connectivity index (χ0) is 33.3. The average Bonchev–Trinajstić information content (AvgIpc) is 3.15. The Balaban J connectivity index is 0.000000676. The predicted molar refractivity (Wildman–Crippen MR) is 165 cm³/mol. The number of aliphatic carboxylic acids is 2. The number of carboxylic acid groups (broad SMARTS) is 2. The summed E-state index contributed by atoms with van der Waals surface area (Å²) in [6.07, 6.45) is -2.96. The van der Waals surface area contributed by atoms with E-state index in [-0.39, 0.29) is 16.3 Å². The molecule has 2 aromatic rings. The lowest BCUT2D eigenvalue weighted by Crippen LogP contribution is -2.47. The van der Waals surface area contributed by atoms with Crippen LogP contribution in [0.5, 0.6) is 5.75 Å². The van der Waals surface area contributed by atoms with E-state index >= 15 is 0 Å². The maximum Gasteiger partial charge on any atom is 0.490 e. The van der Waals surface area contributed by atoms with Gasteiger partial charge in [0.1, 0.15) is 11.6 Å². The van der Waals surface area contributed by atoms with Gasteiger partial charge in [-0.2, -0.15) is 13.2 Å². The number of likely N-dealkylation sites (N-methyl/N-ethyl adjacent to an activating group) is 1. The number of alkyl halides is 3. The Labute approximate surface area is 261 Å². The molecule has 2 aliphatic rings. The molecule has 0 aliphatic carbocycles. The van der Waals surface area contributed by atoms with Crippen molar-refractivity contribution in [1.82, 2.24) is 4.90 Å². The largest absolute Gasteiger partial charge is 0.543 e. The van der Waals surface area contributed by atoms with Gasteiger partial charge in [-0.25, -0.2) is 9.18 Å². The number of piperidine rings is 1. The number of nitrogens with zero attached hydrogens (tertiary/aromatic N) is 2. The number of carboxylic acids is 2. The van der Waals surface area contributed by atoms with E-state index in [1.54, 1.807) is 6.07 Å². The van der Waals surface area contributed by atoms with E-state index in [4.69, 9.17) is 25.9 Å².